The number of aromatic amines is 1. The Hall–Kier alpha value is -3.61. The second-order valence-electron chi connectivity index (χ2n) is 10.7. The fourth-order valence-corrected chi connectivity index (χ4v) is 5.33. The molecule has 6 aromatic rings. The Bertz CT molecular complexity index is 2000. The Labute approximate surface area is 298 Å². The number of rotatable bonds is 10. The maximum absolute atomic E-state index is 14.2. The quantitative estimate of drug-likeness (QED) is 0.235. The summed E-state index contributed by atoms with van der Waals surface area (Å²) < 4.78 is 14.1. The number of nitrogens with one attached hydrogen (secondary N) is 1. The third-order valence-corrected chi connectivity index (χ3v) is 7.33. The first-order valence-corrected chi connectivity index (χ1v) is 14.4. The van der Waals surface area contributed by atoms with E-state index in [1.165, 1.54) is 0 Å². The van der Waals surface area contributed by atoms with Crippen molar-refractivity contribution >= 4 is 5.78 Å². The minimum atomic E-state index is -0.602. The molecule has 1 N–H and O–H groups in total. The molecule has 3 aromatic carbocycles. The smallest absolute Gasteiger partial charge is 1.00 e. The summed E-state index contributed by atoms with van der Waals surface area (Å²) in [5.41, 5.74) is 5.81. The molecule has 0 fully saturated rings. The van der Waals surface area contributed by atoms with Gasteiger partial charge in [-0.05, 0) is 67.6 Å². The first-order valence-electron chi connectivity index (χ1n) is 14.4. The minimum absolute atomic E-state index is 0. The van der Waals surface area contributed by atoms with Gasteiger partial charge >= 0.3 is 57.1 Å². The van der Waals surface area contributed by atoms with Gasteiger partial charge in [0, 0.05) is 23.2 Å². The number of nitrogens with zero attached hydrogens (tertiary/aromatic N) is 5. The van der Waals surface area contributed by atoms with Crippen LogP contribution >= 0.6 is 0 Å². The van der Waals surface area contributed by atoms with Crippen LogP contribution in [0.5, 0.6) is 5.75 Å². The van der Waals surface area contributed by atoms with Crippen LogP contribution in [0, 0.1) is 0 Å². The first-order chi connectivity index (χ1) is 20.9. The normalized spacial score (nSPS) is 11.2. The topological polar surface area (TPSA) is 120 Å². The van der Waals surface area contributed by atoms with Crippen molar-refractivity contribution in [2.45, 2.75) is 52.6 Å². The van der Waals surface area contributed by atoms with Crippen LogP contribution in [0.3, 0.4) is 0 Å². The van der Waals surface area contributed by atoms with E-state index in [0.29, 0.717) is 29.3 Å². The van der Waals surface area contributed by atoms with Gasteiger partial charge in [-0.2, -0.15) is 0 Å². The zero-order valence-corrected chi connectivity index (χ0v) is 28.4. The summed E-state index contributed by atoms with van der Waals surface area (Å²) in [6.07, 6.45) is 4.84. The van der Waals surface area contributed by atoms with Crippen LogP contribution in [-0.2, 0) is 12.8 Å². The maximum atomic E-state index is 14.2. The Balaban J connectivity index is 0.00000230. The molecular weight excluding hydrogens is 583 g/mol. The third kappa shape index (κ3) is 6.57. The Morgan fingerprint density at radius 3 is 2.36 bits per heavy atom. The fourth-order valence-electron chi connectivity index (χ4n) is 5.33. The number of benzene rings is 3. The summed E-state index contributed by atoms with van der Waals surface area (Å²) in [7, 11) is 0. The van der Waals surface area contributed by atoms with Crippen molar-refractivity contribution in [1.82, 2.24) is 29.3 Å². The molecule has 44 heavy (non-hydrogen) atoms. The molecule has 0 saturated heterocycles. The number of ether oxygens (including phenoxy) is 1. The number of hydrogen-bond donors (Lipinski definition) is 1. The molecule has 10 nitrogen and oxygen atoms in total. The maximum Gasteiger partial charge on any atom is 1.00 e. The van der Waals surface area contributed by atoms with Gasteiger partial charge < -0.3 is 6.16 Å². The van der Waals surface area contributed by atoms with Crippen LogP contribution in [0.1, 0.15) is 51.9 Å². The first kappa shape index (κ1) is 31.8. The Morgan fingerprint density at radius 1 is 0.977 bits per heavy atom. The van der Waals surface area contributed by atoms with Crippen LogP contribution in [0.15, 0.2) is 93.2 Å². The zero-order valence-electron chi connectivity index (χ0n) is 26.3. The summed E-state index contributed by atoms with van der Waals surface area (Å²) in [5, 5.41) is 12.4. The molecule has 11 heteroatoms. The van der Waals surface area contributed by atoms with Crippen molar-refractivity contribution in [3.05, 3.63) is 117 Å². The van der Waals surface area contributed by atoms with E-state index < -0.39 is 5.76 Å². The molecule has 0 bridgehead atoms. The standard InChI is InChI=1S/C33H32N6O4.K.H/c1-4-5-10-29-28(31(40)39(32-36-34-20-38(29)32)24-15-17-25(18-16-24)42-21(2)3)19-22-11-13-23(14-12-22)26-8-6-7-9-27(26)30-35-33(41)43-37-30;;/h6-9,11-18,20-21H,4-5,10,19H2,1-3H3,(H,35,37,41);;/q;+1;-1. The number of aryl methyl sites for hydroxylation is 1. The van der Waals surface area contributed by atoms with Gasteiger partial charge in [0.05, 0.1) is 11.8 Å². The molecule has 0 radical (unpaired) electrons. The number of fused-ring (bicyclic) bond motifs is 1. The molecule has 0 amide bonds. The average Bonchev–Trinajstić information content (AvgIpc) is 3.67. The number of hydrogen-bond acceptors (Lipinski definition) is 7. The molecule has 0 atom stereocenters. The van der Waals surface area contributed by atoms with Gasteiger partial charge in [-0.15, -0.1) is 10.2 Å². The van der Waals surface area contributed by atoms with E-state index in [1.807, 2.05) is 91.0 Å². The van der Waals surface area contributed by atoms with E-state index in [1.54, 1.807) is 10.9 Å². The molecule has 3 aromatic heterocycles. The number of H-pyrrole nitrogens is 1. The van der Waals surface area contributed by atoms with Crippen molar-refractivity contribution in [2.75, 3.05) is 0 Å². The van der Waals surface area contributed by atoms with Crippen molar-refractivity contribution < 1.29 is 62.1 Å². The molecular formula is C33H33KN6O4. The van der Waals surface area contributed by atoms with Crippen molar-refractivity contribution in [3.8, 4) is 34.0 Å². The zero-order chi connectivity index (χ0) is 29.9. The summed E-state index contributed by atoms with van der Waals surface area (Å²) in [6, 6.07) is 23.2. The summed E-state index contributed by atoms with van der Waals surface area (Å²) in [5.74, 6) is 0.988. The summed E-state index contributed by atoms with van der Waals surface area (Å²) in [4.78, 5) is 28.4. The van der Waals surface area contributed by atoms with Crippen LogP contribution in [0.25, 0.3) is 34.0 Å². The predicted octanol–water partition coefficient (Wildman–Crippen LogP) is 2.73. The molecule has 0 aliphatic rings. The monoisotopic (exact) mass is 616 g/mol. The van der Waals surface area contributed by atoms with Gasteiger partial charge in [0.25, 0.3) is 5.56 Å². The van der Waals surface area contributed by atoms with E-state index in [-0.39, 0.29) is 64.5 Å². The van der Waals surface area contributed by atoms with E-state index >= 15 is 0 Å². The van der Waals surface area contributed by atoms with Crippen LogP contribution in [-0.4, -0.2) is 35.4 Å². The third-order valence-electron chi connectivity index (χ3n) is 7.33. The molecule has 0 saturated carbocycles. The van der Waals surface area contributed by atoms with Gasteiger partial charge in [-0.3, -0.25) is 18.7 Å². The molecule has 0 unspecified atom stereocenters. The van der Waals surface area contributed by atoms with Gasteiger partial charge in [0.15, 0.2) is 5.82 Å². The second-order valence-corrected chi connectivity index (χ2v) is 10.7. The van der Waals surface area contributed by atoms with E-state index in [9.17, 15) is 9.59 Å². The molecule has 0 aliphatic carbocycles. The van der Waals surface area contributed by atoms with Gasteiger partial charge in [-0.25, -0.2) is 9.36 Å². The molecule has 0 aliphatic heterocycles. The van der Waals surface area contributed by atoms with Gasteiger partial charge in [0.1, 0.15) is 12.1 Å². The minimum Gasteiger partial charge on any atom is -1.00 e. The van der Waals surface area contributed by atoms with Crippen LogP contribution < -0.4 is 67.4 Å². The summed E-state index contributed by atoms with van der Waals surface area (Å²) >= 11 is 0. The average molecular weight is 617 g/mol. The van der Waals surface area contributed by atoms with E-state index in [4.69, 9.17) is 9.26 Å². The second kappa shape index (κ2) is 14.0. The molecule has 3 heterocycles. The number of aromatic nitrogens is 6. The number of unbranched alkanes of at least 4 members (excludes halogenated alkanes) is 1. The molecule has 6 rings (SSSR count). The Morgan fingerprint density at radius 2 is 1.70 bits per heavy atom. The summed E-state index contributed by atoms with van der Waals surface area (Å²) in [6.45, 7) is 6.09. The van der Waals surface area contributed by atoms with Gasteiger partial charge in [-0.1, -0.05) is 67.0 Å². The largest absolute Gasteiger partial charge is 1.00 e. The SMILES string of the molecule is CCCCc1c(Cc2ccc(-c3ccccc3-c3noc(=O)[nH]3)cc2)c(=O)n(-c2ccc(OC(C)C)cc2)c2nncn12.[H-].[K+]. The van der Waals surface area contributed by atoms with Crippen molar-refractivity contribution in [3.63, 3.8) is 0 Å². The fraction of sp³-hybridized carbons (Fsp3) is 0.242. The van der Waals surface area contributed by atoms with E-state index in [0.717, 1.165) is 53.0 Å². The van der Waals surface area contributed by atoms with Gasteiger partial charge in [0.2, 0.25) is 5.78 Å². The molecule has 0 spiro atoms. The van der Waals surface area contributed by atoms with E-state index in [2.05, 4.69) is 27.3 Å². The molecule has 220 valence electrons. The van der Waals surface area contributed by atoms with Crippen LogP contribution in [0.4, 0.5) is 0 Å². The van der Waals surface area contributed by atoms with Crippen molar-refractivity contribution in [2.24, 2.45) is 0 Å². The van der Waals surface area contributed by atoms with Crippen molar-refractivity contribution in [1.29, 1.82) is 0 Å². The van der Waals surface area contributed by atoms with Crippen LogP contribution in [0.2, 0.25) is 0 Å². The Kier molecular flexibility index (Phi) is 10.1. The predicted molar refractivity (Wildman–Crippen MR) is 165 cm³/mol.